The lowest BCUT2D eigenvalue weighted by molar-refractivity contribution is 0.354. The maximum atomic E-state index is 5.42. The van der Waals surface area contributed by atoms with Crippen LogP contribution in [0.5, 0.6) is 11.5 Å². The first kappa shape index (κ1) is 22.9. The molecule has 2 aromatic carbocycles. The summed E-state index contributed by atoms with van der Waals surface area (Å²) in [5.74, 6) is 11.0. The van der Waals surface area contributed by atoms with Crippen LogP contribution in [-0.4, -0.2) is 38.8 Å². The summed E-state index contributed by atoms with van der Waals surface area (Å²) in [5, 5.41) is 3.37. The van der Waals surface area contributed by atoms with Gasteiger partial charge in [0.25, 0.3) is 0 Å². The molecular weight excluding hydrogens is 410 g/mol. The molecule has 3 nitrogen and oxygen atoms in total. The monoisotopic (exact) mass is 441 g/mol. The molecule has 0 bridgehead atoms. The van der Waals surface area contributed by atoms with Crippen LogP contribution in [0, 0.1) is 11.8 Å². The van der Waals surface area contributed by atoms with E-state index in [1.54, 1.807) is 14.2 Å². The number of rotatable bonds is 8. The first-order valence-corrected chi connectivity index (χ1v) is 12.4. The summed E-state index contributed by atoms with van der Waals surface area (Å²) in [6.07, 6.45) is 4.05. The van der Waals surface area contributed by atoms with Crippen LogP contribution in [0.1, 0.15) is 30.4 Å². The van der Waals surface area contributed by atoms with Crippen LogP contribution in [0.4, 0.5) is 0 Å². The minimum Gasteiger partial charge on any atom is -0.493 e. The lowest BCUT2D eigenvalue weighted by atomic mass is 10.0. The Bertz CT molecular complexity index is 854. The summed E-state index contributed by atoms with van der Waals surface area (Å²) >= 11 is 4.11. The number of ether oxygens (including phenoxy) is 2. The van der Waals surface area contributed by atoms with E-state index in [-0.39, 0.29) is 10.1 Å². The highest BCUT2D eigenvalue weighted by molar-refractivity contribution is 8.18. The van der Waals surface area contributed by atoms with Crippen LogP contribution < -0.4 is 14.8 Å². The molecule has 3 rings (SSSR count). The van der Waals surface area contributed by atoms with Crippen LogP contribution in [0.3, 0.4) is 0 Å². The highest BCUT2D eigenvalue weighted by Crippen LogP contribution is 2.52. The Morgan fingerprint density at radius 1 is 1.03 bits per heavy atom. The Hall–Kier alpha value is -1.74. The quantitative estimate of drug-likeness (QED) is 0.559. The second-order valence-corrected chi connectivity index (χ2v) is 10.3. The molecule has 1 unspecified atom stereocenters. The number of hydrogen-bond donors (Lipinski definition) is 1. The summed E-state index contributed by atoms with van der Waals surface area (Å²) in [7, 11) is 5.33. The fourth-order valence-electron chi connectivity index (χ4n) is 3.56. The molecule has 5 heteroatoms. The smallest absolute Gasteiger partial charge is 0.160 e. The first-order valence-electron chi connectivity index (χ1n) is 10.4. The number of benzene rings is 2. The SMILES string of the molecule is CNC(C#CCC1(c2ccccc2)SCCCS1)CCc1ccc(OC)c(OC)c1. The fraction of sp³-hybridized carbons (Fsp3) is 0.440. The molecule has 160 valence electrons. The van der Waals surface area contributed by atoms with Crippen molar-refractivity contribution >= 4 is 23.5 Å². The van der Waals surface area contributed by atoms with Gasteiger partial charge in [0.05, 0.1) is 24.3 Å². The van der Waals surface area contributed by atoms with Crippen molar-refractivity contribution in [2.75, 3.05) is 32.8 Å². The molecule has 0 radical (unpaired) electrons. The van der Waals surface area contributed by atoms with Gasteiger partial charge >= 0.3 is 0 Å². The van der Waals surface area contributed by atoms with E-state index >= 15 is 0 Å². The standard InChI is InChI=1S/C25H31NO2S2/c1-26-22(14-12-20-13-15-23(27-2)24(19-20)28-3)11-7-16-25(29-17-8-18-30-25)21-9-5-4-6-10-21/h4-6,9-10,13,15,19,22,26H,8,12,14,16-18H2,1-3H3. The molecule has 30 heavy (non-hydrogen) atoms. The molecule has 0 saturated carbocycles. The second-order valence-electron chi connectivity index (χ2n) is 7.24. The van der Waals surface area contributed by atoms with Gasteiger partial charge in [0.2, 0.25) is 0 Å². The van der Waals surface area contributed by atoms with Gasteiger partial charge in [-0.25, -0.2) is 0 Å². The van der Waals surface area contributed by atoms with E-state index in [1.807, 2.05) is 13.1 Å². The van der Waals surface area contributed by atoms with Crippen LogP contribution in [-0.2, 0) is 10.5 Å². The van der Waals surface area contributed by atoms with Gasteiger partial charge in [-0.1, -0.05) is 48.2 Å². The molecule has 1 atom stereocenters. The number of aryl methyl sites for hydroxylation is 1. The molecule has 1 heterocycles. The van der Waals surface area contributed by atoms with Crippen molar-refractivity contribution in [1.82, 2.24) is 5.32 Å². The van der Waals surface area contributed by atoms with Crippen molar-refractivity contribution in [2.45, 2.75) is 35.8 Å². The average Bonchev–Trinajstić information content (AvgIpc) is 2.82. The highest BCUT2D eigenvalue weighted by Gasteiger charge is 2.34. The normalized spacial score (nSPS) is 16.2. The van der Waals surface area contributed by atoms with Crippen molar-refractivity contribution in [2.24, 2.45) is 0 Å². The molecule has 1 aliphatic heterocycles. The lowest BCUT2D eigenvalue weighted by Crippen LogP contribution is -2.25. The van der Waals surface area contributed by atoms with E-state index < -0.39 is 0 Å². The molecule has 1 aliphatic rings. The Balaban J connectivity index is 1.64. The van der Waals surface area contributed by atoms with E-state index in [0.717, 1.165) is 30.8 Å². The van der Waals surface area contributed by atoms with Crippen LogP contribution in [0.25, 0.3) is 0 Å². The fourth-order valence-corrected chi connectivity index (χ4v) is 6.77. The zero-order valence-electron chi connectivity index (χ0n) is 18.1. The maximum absolute atomic E-state index is 5.42. The molecular formula is C25H31NO2S2. The first-order chi connectivity index (χ1) is 14.7. The second kappa shape index (κ2) is 11.6. The maximum Gasteiger partial charge on any atom is 0.160 e. The zero-order valence-corrected chi connectivity index (χ0v) is 19.7. The molecule has 1 saturated heterocycles. The number of thioether (sulfide) groups is 2. The molecule has 0 spiro atoms. The van der Waals surface area contributed by atoms with Crippen LogP contribution in [0.15, 0.2) is 48.5 Å². The van der Waals surface area contributed by atoms with Gasteiger partial charge in [0.1, 0.15) is 0 Å². The van der Waals surface area contributed by atoms with Crippen molar-refractivity contribution in [3.8, 4) is 23.3 Å². The van der Waals surface area contributed by atoms with Gasteiger partial charge in [-0.2, -0.15) is 0 Å². The topological polar surface area (TPSA) is 30.5 Å². The van der Waals surface area contributed by atoms with Gasteiger partial charge in [0.15, 0.2) is 11.5 Å². The predicted octanol–water partition coefficient (Wildman–Crippen LogP) is 5.34. The molecule has 2 aromatic rings. The highest BCUT2D eigenvalue weighted by atomic mass is 32.2. The predicted molar refractivity (Wildman–Crippen MR) is 131 cm³/mol. The van der Waals surface area contributed by atoms with E-state index in [4.69, 9.17) is 9.47 Å². The third-order valence-corrected chi connectivity index (χ3v) is 8.67. The summed E-state index contributed by atoms with van der Waals surface area (Å²) in [4.78, 5) is 0. The number of nitrogens with one attached hydrogen (secondary N) is 1. The van der Waals surface area contributed by atoms with Gasteiger partial charge < -0.3 is 14.8 Å². The Morgan fingerprint density at radius 2 is 1.77 bits per heavy atom. The summed E-state index contributed by atoms with van der Waals surface area (Å²) in [5.41, 5.74) is 2.62. The number of methoxy groups -OCH3 is 2. The minimum atomic E-state index is 0.0636. The third kappa shape index (κ3) is 5.91. The van der Waals surface area contributed by atoms with Gasteiger partial charge in [-0.05, 0) is 61.1 Å². The van der Waals surface area contributed by atoms with E-state index in [0.29, 0.717) is 0 Å². The average molecular weight is 442 g/mol. The lowest BCUT2D eigenvalue weighted by Gasteiger charge is -2.35. The Kier molecular flexibility index (Phi) is 8.87. The summed E-state index contributed by atoms with van der Waals surface area (Å²) in [6.45, 7) is 0. The zero-order chi connectivity index (χ0) is 21.2. The van der Waals surface area contributed by atoms with Crippen molar-refractivity contribution in [3.05, 3.63) is 59.7 Å². The van der Waals surface area contributed by atoms with E-state index in [1.165, 1.54) is 29.1 Å². The Morgan fingerprint density at radius 3 is 2.43 bits per heavy atom. The van der Waals surface area contributed by atoms with Gasteiger partial charge in [0, 0.05) is 6.42 Å². The molecule has 1 fully saturated rings. The van der Waals surface area contributed by atoms with E-state index in [9.17, 15) is 0 Å². The van der Waals surface area contributed by atoms with Crippen molar-refractivity contribution in [1.29, 1.82) is 0 Å². The van der Waals surface area contributed by atoms with Gasteiger partial charge in [-0.15, -0.1) is 23.5 Å². The van der Waals surface area contributed by atoms with Crippen LogP contribution in [0.2, 0.25) is 0 Å². The van der Waals surface area contributed by atoms with E-state index in [2.05, 4.69) is 83.1 Å². The van der Waals surface area contributed by atoms with Gasteiger partial charge in [-0.3, -0.25) is 0 Å². The molecule has 0 aliphatic carbocycles. The number of hydrogen-bond acceptors (Lipinski definition) is 5. The Labute approximate surface area is 189 Å². The summed E-state index contributed by atoms with van der Waals surface area (Å²) in [6, 6.07) is 17.2. The molecule has 0 amide bonds. The minimum absolute atomic E-state index is 0.0636. The van der Waals surface area contributed by atoms with Crippen LogP contribution >= 0.6 is 23.5 Å². The van der Waals surface area contributed by atoms with Crippen molar-refractivity contribution in [3.63, 3.8) is 0 Å². The largest absolute Gasteiger partial charge is 0.493 e. The molecule has 0 aromatic heterocycles. The van der Waals surface area contributed by atoms with Crippen molar-refractivity contribution < 1.29 is 9.47 Å². The summed E-state index contributed by atoms with van der Waals surface area (Å²) < 4.78 is 10.8. The third-order valence-electron chi connectivity index (χ3n) is 5.29. The molecule has 1 N–H and O–H groups in total.